The fraction of sp³-hybridized carbons (Fsp3) is 0.625. The molecule has 0 saturated heterocycles. The van der Waals surface area contributed by atoms with Crippen molar-refractivity contribution in [1.29, 1.82) is 0 Å². The fourth-order valence-electron chi connectivity index (χ4n) is 9.86. The van der Waals surface area contributed by atoms with Crippen LogP contribution < -0.4 is 0 Å². The Labute approximate surface area is 803 Å². The molecule has 9 aromatic heterocycles. The summed E-state index contributed by atoms with van der Waals surface area (Å²) in [6, 6.07) is 21.7. The van der Waals surface area contributed by atoms with Crippen LogP contribution in [0.4, 0.5) is 0 Å². The summed E-state index contributed by atoms with van der Waals surface area (Å²) in [6.07, 6.45) is 22.8. The molecule has 740 valence electrons. The van der Waals surface area contributed by atoms with Crippen LogP contribution in [-0.4, -0.2) is 90.4 Å². The molecular formula is C112H202N18. The smallest absolute Gasteiger partial charge is 0.153 e. The maximum atomic E-state index is 4.40. The van der Waals surface area contributed by atoms with Gasteiger partial charge in [-0.3, -0.25) is 29.9 Å². The zero-order valence-electron chi connectivity index (χ0n) is 82.3. The van der Waals surface area contributed by atoms with Crippen molar-refractivity contribution < 1.29 is 0 Å². The Morgan fingerprint density at radius 1 is 0.115 bits per heavy atom. The fourth-order valence-corrected chi connectivity index (χ4v) is 9.86. The summed E-state index contributed by atoms with van der Waals surface area (Å²) in [6.45, 7) is 85.4. The molecule has 0 aliphatic heterocycles. The molecule has 1 aromatic carbocycles. The van der Waals surface area contributed by atoms with Crippen molar-refractivity contribution in [1.82, 2.24) is 90.4 Å². The number of rotatable bonds is 20. The second-order valence-electron chi connectivity index (χ2n) is 37.1. The molecule has 130 heavy (non-hydrogen) atoms. The Kier molecular flexibility index (Phi) is 81.0. The quantitative estimate of drug-likeness (QED) is 0.0690. The number of aromatic nitrogens is 18. The van der Waals surface area contributed by atoms with Crippen LogP contribution in [0.15, 0.2) is 135 Å². The first-order valence-electron chi connectivity index (χ1n) is 44.6. The number of hydrogen-bond donors (Lipinski definition) is 0. The molecule has 18 nitrogen and oxygen atoms in total. The van der Waals surface area contributed by atoms with Crippen molar-refractivity contribution in [3.05, 3.63) is 249 Å². The lowest BCUT2D eigenvalue weighted by Gasteiger charge is -2.08. The van der Waals surface area contributed by atoms with E-state index in [9.17, 15) is 0 Å². The molecule has 0 spiro atoms. The molecule has 0 bridgehead atoms. The van der Waals surface area contributed by atoms with Gasteiger partial charge in [0, 0.05) is 97.0 Å². The molecule has 0 unspecified atom stereocenters. The first-order chi connectivity index (χ1) is 56.1. The molecular weight excluding hydrogens is 1600 g/mol. The second kappa shape index (κ2) is 74.5. The van der Waals surface area contributed by atoms with Crippen LogP contribution in [0.25, 0.3) is 0 Å². The lowest BCUT2D eigenvalue weighted by molar-refractivity contribution is 0.692. The monoisotopic (exact) mass is 1800 g/mol. The van der Waals surface area contributed by atoms with Crippen molar-refractivity contribution in [2.24, 2.45) is 0 Å². The van der Waals surface area contributed by atoms with Gasteiger partial charge < -0.3 is 0 Å². The van der Waals surface area contributed by atoms with E-state index in [4.69, 9.17) is 0 Å². The highest BCUT2D eigenvalue weighted by molar-refractivity contribution is 5.27. The van der Waals surface area contributed by atoms with Crippen LogP contribution in [0.1, 0.15) is 583 Å². The van der Waals surface area contributed by atoms with E-state index in [-0.39, 0.29) is 74.3 Å². The van der Waals surface area contributed by atoms with Gasteiger partial charge in [0.2, 0.25) is 0 Å². The number of hydrogen-bond acceptors (Lipinski definition) is 18. The van der Waals surface area contributed by atoms with Gasteiger partial charge in [-0.1, -0.05) is 388 Å². The molecule has 0 saturated carbocycles. The Bertz CT molecular complexity index is 3010. The third-order valence-electron chi connectivity index (χ3n) is 19.2. The van der Waals surface area contributed by atoms with Gasteiger partial charge in [0.15, 0.2) is 11.6 Å². The van der Waals surface area contributed by atoms with Crippen molar-refractivity contribution in [2.45, 2.75) is 470 Å². The molecule has 0 N–H and O–H groups in total. The first-order valence-corrected chi connectivity index (χ1v) is 44.6. The number of nitrogens with zero attached hydrogens (tertiary/aromatic N) is 18. The minimum atomic E-state index is 0. The molecule has 0 radical (unpaired) electrons. The van der Waals surface area contributed by atoms with Crippen LogP contribution in [0, 0.1) is 0 Å². The predicted molar refractivity (Wildman–Crippen MR) is 574 cm³/mol. The molecule has 0 aliphatic rings. The van der Waals surface area contributed by atoms with Crippen molar-refractivity contribution in [3.8, 4) is 0 Å². The maximum absolute atomic E-state index is 4.40. The van der Waals surface area contributed by atoms with Gasteiger partial charge in [-0.25, -0.2) is 29.9 Å². The van der Waals surface area contributed by atoms with Gasteiger partial charge in [-0.2, -0.15) is 20.4 Å². The van der Waals surface area contributed by atoms with E-state index < -0.39 is 0 Å². The minimum Gasteiger partial charge on any atom is -0.261 e. The summed E-state index contributed by atoms with van der Waals surface area (Å²) < 4.78 is 0. The van der Waals surface area contributed by atoms with Gasteiger partial charge in [-0.05, 0) is 152 Å². The van der Waals surface area contributed by atoms with E-state index in [1.54, 1.807) is 0 Å². The van der Waals surface area contributed by atoms with E-state index in [0.29, 0.717) is 118 Å². The average Bonchev–Trinajstić information content (AvgIpc) is 0.954. The van der Waals surface area contributed by atoms with Gasteiger partial charge in [-0.15, -0.1) is 10.2 Å². The van der Waals surface area contributed by atoms with E-state index in [0.717, 1.165) is 68.8 Å². The summed E-state index contributed by atoms with van der Waals surface area (Å²) >= 11 is 0. The topological polar surface area (TPSA) is 232 Å². The molecule has 0 amide bonds. The largest absolute Gasteiger partial charge is 0.261 e. The third-order valence-corrected chi connectivity index (χ3v) is 19.2. The molecule has 0 fully saturated rings. The summed E-state index contributed by atoms with van der Waals surface area (Å²) in [7, 11) is 0. The maximum Gasteiger partial charge on any atom is 0.153 e. The minimum absolute atomic E-state index is 0. The van der Waals surface area contributed by atoms with Crippen LogP contribution in [0.3, 0.4) is 0 Å². The van der Waals surface area contributed by atoms with Crippen molar-refractivity contribution in [3.63, 3.8) is 0 Å². The van der Waals surface area contributed by atoms with E-state index in [1.807, 2.05) is 74.4 Å². The van der Waals surface area contributed by atoms with Gasteiger partial charge in [0.25, 0.3) is 0 Å². The Balaban J connectivity index is -0.000000153. The third kappa shape index (κ3) is 56.6. The zero-order valence-corrected chi connectivity index (χ0v) is 82.3. The molecule has 0 aliphatic carbocycles. The Hall–Kier alpha value is -9.06. The number of benzene rings is 1. The SMILES string of the molecule is C.C.C.C.C.C.C.C.C.C.CC(C)c1ccc(C(C)C)cc1.CC(C)c1ccc(C(C)C)nc1.CC(C)c1ccc(C(C)C)nc1.CC(C)c1ccc(C(C)C)nn1.CC(C)c1cnc(C(C)C)cn1.CC(C)c1cnc(C(C)C)cn1.CC(C)c1cnc(C(C)C)nc1.CC(C)c1cnc(C(C)C)nc1.CC(C)c1cnc(C(C)C)nn1.CC(C)c1cnc(C(C)C)nn1. The molecule has 18 heteroatoms. The Morgan fingerprint density at radius 3 is 0.408 bits per heavy atom. The standard InChI is InChI=1S/C12H18.2C11H17N.5C10H16N2.2C9H15N3.10CH4/c1-9(2)11-5-7-12(8-6-11)10(3)4;2*1-8(2)10-5-6-11(9(3)4)12-7-10;2*1-7(2)9-5-12-10(6-11-9)8(3)4;2*1-7(2)9-5-11-10(8(3)4)12-6-9;1-7(2)9-5-6-10(8(3)4)12-11-9;2*1-6(2)8-5-10-9(7(3)4)12-11-8;;;;;;;;;;/h5-10H,1-4H3;2*5-9H,1-4H3;5*5-8H,1-4H3;2*5-7H,1-4H3;10*1H4. The second-order valence-corrected chi connectivity index (χ2v) is 37.1. The summed E-state index contributed by atoms with van der Waals surface area (Å²) in [5, 5.41) is 24.5. The summed E-state index contributed by atoms with van der Waals surface area (Å²) in [4.78, 5) is 51.8. The first kappa shape index (κ1) is 141. The van der Waals surface area contributed by atoms with Gasteiger partial charge in [0.1, 0.15) is 11.6 Å². The summed E-state index contributed by atoms with van der Waals surface area (Å²) in [5.41, 5.74) is 18.6. The van der Waals surface area contributed by atoms with E-state index in [1.165, 1.54) is 44.8 Å². The van der Waals surface area contributed by atoms with Crippen LogP contribution in [0.5, 0.6) is 0 Å². The van der Waals surface area contributed by atoms with Crippen LogP contribution in [0.2, 0.25) is 0 Å². The van der Waals surface area contributed by atoms with Gasteiger partial charge >= 0.3 is 0 Å². The van der Waals surface area contributed by atoms with Crippen LogP contribution in [-0.2, 0) is 0 Å². The lowest BCUT2D eigenvalue weighted by atomic mass is 9.97. The highest BCUT2D eigenvalue weighted by atomic mass is 15.2. The van der Waals surface area contributed by atoms with Crippen LogP contribution >= 0.6 is 0 Å². The zero-order chi connectivity index (χ0) is 91.4. The highest BCUT2D eigenvalue weighted by Gasteiger charge is 2.13. The summed E-state index contributed by atoms with van der Waals surface area (Å²) in [5.74, 6) is 13.3. The Morgan fingerprint density at radius 2 is 0.269 bits per heavy atom. The average molecular weight is 1800 g/mol. The predicted octanol–water partition coefficient (Wildman–Crippen LogP) is 34.8. The van der Waals surface area contributed by atoms with Crippen molar-refractivity contribution >= 4 is 0 Å². The number of pyridine rings is 2. The molecule has 10 aromatic rings. The normalized spacial score (nSPS) is 10.3. The highest BCUT2D eigenvalue weighted by Crippen LogP contribution is 2.24. The molecule has 9 heterocycles. The van der Waals surface area contributed by atoms with E-state index >= 15 is 0 Å². The molecule has 0 atom stereocenters. The van der Waals surface area contributed by atoms with Gasteiger partial charge in [0.05, 0.1) is 57.9 Å². The molecule has 10 rings (SSSR count). The lowest BCUT2D eigenvalue weighted by Crippen LogP contribution is -2.03. The van der Waals surface area contributed by atoms with Crippen molar-refractivity contribution in [2.75, 3.05) is 0 Å². The van der Waals surface area contributed by atoms with E-state index in [2.05, 4.69) is 428 Å².